The number of nitrogens with one attached hydrogen (secondary N) is 2. The van der Waals surface area contributed by atoms with E-state index in [-0.39, 0.29) is 29.5 Å². The van der Waals surface area contributed by atoms with Gasteiger partial charge in [-0.1, -0.05) is 6.42 Å². The monoisotopic (exact) mass is 504 g/mol. The van der Waals surface area contributed by atoms with Crippen molar-refractivity contribution in [2.45, 2.75) is 78.8 Å². The van der Waals surface area contributed by atoms with Crippen molar-refractivity contribution >= 4 is 29.9 Å². The van der Waals surface area contributed by atoms with Gasteiger partial charge in [-0.3, -0.25) is 14.6 Å². The van der Waals surface area contributed by atoms with Crippen LogP contribution >= 0.6 is 24.0 Å². The smallest absolute Gasteiger partial charge is 0.191 e. The Morgan fingerprint density at radius 1 is 1.21 bits per heavy atom. The van der Waals surface area contributed by atoms with E-state index in [1.807, 2.05) is 11.7 Å². The molecule has 0 saturated carbocycles. The van der Waals surface area contributed by atoms with Crippen LogP contribution in [0.5, 0.6) is 0 Å². The van der Waals surface area contributed by atoms with E-state index in [0.717, 1.165) is 31.2 Å². The first kappa shape index (κ1) is 25.2. The lowest BCUT2D eigenvalue weighted by atomic mass is 9.99. The molecule has 0 bridgehead atoms. The fourth-order valence-corrected chi connectivity index (χ4v) is 3.90. The molecule has 7 heteroatoms. The van der Waals surface area contributed by atoms with Crippen LogP contribution in [0.15, 0.2) is 4.99 Å². The van der Waals surface area contributed by atoms with Gasteiger partial charge in [-0.15, -0.1) is 24.0 Å². The van der Waals surface area contributed by atoms with Gasteiger partial charge in [0.05, 0.1) is 12.2 Å². The first-order valence-corrected chi connectivity index (χ1v) is 10.5. The van der Waals surface area contributed by atoms with Crippen LogP contribution in [0.2, 0.25) is 0 Å². The second kappa shape index (κ2) is 11.4. The topological polar surface area (TPSA) is 57.5 Å². The molecule has 6 nitrogen and oxygen atoms in total. The van der Waals surface area contributed by atoms with E-state index >= 15 is 0 Å². The van der Waals surface area contributed by atoms with Gasteiger partial charge in [-0.25, -0.2) is 0 Å². The van der Waals surface area contributed by atoms with Gasteiger partial charge < -0.3 is 10.6 Å². The fraction of sp³-hybridized carbons (Fsp3) is 0.810. The largest absolute Gasteiger partial charge is 0.357 e. The van der Waals surface area contributed by atoms with Gasteiger partial charge in [-0.05, 0) is 79.5 Å². The highest BCUT2D eigenvalue weighted by molar-refractivity contribution is 14.0. The van der Waals surface area contributed by atoms with Crippen LogP contribution in [0.4, 0.5) is 0 Å². The summed E-state index contributed by atoms with van der Waals surface area (Å²) in [5.41, 5.74) is 3.80. The minimum absolute atomic E-state index is 0. The molecule has 0 spiro atoms. The zero-order valence-electron chi connectivity index (χ0n) is 18.9. The summed E-state index contributed by atoms with van der Waals surface area (Å²) in [5, 5.41) is 11.5. The third-order valence-corrected chi connectivity index (χ3v) is 5.73. The lowest BCUT2D eigenvalue weighted by molar-refractivity contribution is 0.102. The van der Waals surface area contributed by atoms with Crippen molar-refractivity contribution in [1.82, 2.24) is 25.3 Å². The summed E-state index contributed by atoms with van der Waals surface area (Å²) in [6, 6.07) is 0.294. The molecule has 1 aromatic heterocycles. The number of hydrogen-bond donors (Lipinski definition) is 2. The maximum atomic E-state index is 4.92. The summed E-state index contributed by atoms with van der Waals surface area (Å²) in [6.07, 6.45) is 4.94. The Kier molecular flexibility index (Phi) is 10.2. The number of halogens is 1. The molecular weight excluding hydrogens is 463 g/mol. The first-order valence-electron chi connectivity index (χ1n) is 10.5. The van der Waals surface area contributed by atoms with Gasteiger partial charge >= 0.3 is 0 Å². The molecule has 2 N–H and O–H groups in total. The molecule has 2 rings (SSSR count). The van der Waals surface area contributed by atoms with Crippen LogP contribution in [0.25, 0.3) is 0 Å². The van der Waals surface area contributed by atoms with Crippen LogP contribution in [0.1, 0.15) is 63.9 Å². The molecule has 0 aromatic carbocycles. The Morgan fingerprint density at radius 3 is 2.39 bits per heavy atom. The standard InChI is InChI=1S/C21H40N6.HI/c1-8-22-20(23-15-21(5,6)27-12-10-9-11-13-27)24-16(2)14-19-17(3)25-26(7)18(19)4;/h16H,8-15H2,1-7H3,(H2,22,23,24);1H. The number of hydrogen-bond acceptors (Lipinski definition) is 3. The highest BCUT2D eigenvalue weighted by atomic mass is 127. The van der Waals surface area contributed by atoms with Gasteiger partial charge in [-0.2, -0.15) is 5.10 Å². The summed E-state index contributed by atoms with van der Waals surface area (Å²) >= 11 is 0. The van der Waals surface area contributed by atoms with Crippen molar-refractivity contribution in [3.8, 4) is 0 Å². The molecule has 1 fully saturated rings. The zero-order valence-corrected chi connectivity index (χ0v) is 21.3. The fourth-order valence-electron chi connectivity index (χ4n) is 3.90. The van der Waals surface area contributed by atoms with E-state index in [4.69, 9.17) is 4.99 Å². The highest BCUT2D eigenvalue weighted by Crippen LogP contribution is 2.21. The Bertz CT molecular complexity index is 631. The van der Waals surface area contributed by atoms with Gasteiger partial charge in [0, 0.05) is 30.9 Å². The minimum atomic E-state index is 0. The lowest BCUT2D eigenvalue weighted by Crippen LogP contribution is -2.50. The van der Waals surface area contributed by atoms with Crippen molar-refractivity contribution in [2.75, 3.05) is 26.2 Å². The van der Waals surface area contributed by atoms with E-state index in [1.54, 1.807) is 0 Å². The molecule has 1 aliphatic heterocycles. The maximum absolute atomic E-state index is 4.92. The predicted molar refractivity (Wildman–Crippen MR) is 130 cm³/mol. The van der Waals surface area contributed by atoms with E-state index in [9.17, 15) is 0 Å². The summed E-state index contributed by atoms with van der Waals surface area (Å²) in [7, 11) is 2.01. The number of guanidine groups is 1. The van der Waals surface area contributed by atoms with E-state index < -0.39 is 0 Å². The summed E-state index contributed by atoms with van der Waals surface area (Å²) in [5.74, 6) is 0.911. The number of piperidine rings is 1. The second-order valence-electron chi connectivity index (χ2n) is 8.58. The normalized spacial score (nSPS) is 17.2. The molecule has 1 aliphatic rings. The van der Waals surface area contributed by atoms with Crippen LogP contribution in [-0.4, -0.2) is 58.4 Å². The molecule has 0 aliphatic carbocycles. The number of aryl methyl sites for hydroxylation is 2. The van der Waals surface area contributed by atoms with Crippen molar-refractivity contribution in [3.63, 3.8) is 0 Å². The lowest BCUT2D eigenvalue weighted by Gasteiger charge is -2.40. The average Bonchev–Trinajstić information content (AvgIpc) is 2.87. The van der Waals surface area contributed by atoms with Gasteiger partial charge in [0.2, 0.25) is 0 Å². The molecule has 162 valence electrons. The Morgan fingerprint density at radius 2 is 1.86 bits per heavy atom. The molecule has 0 radical (unpaired) electrons. The molecule has 1 atom stereocenters. The van der Waals surface area contributed by atoms with Crippen molar-refractivity contribution < 1.29 is 0 Å². The minimum Gasteiger partial charge on any atom is -0.357 e. The van der Waals surface area contributed by atoms with E-state index in [2.05, 4.69) is 62.2 Å². The molecule has 0 amide bonds. The second-order valence-corrected chi connectivity index (χ2v) is 8.58. The Labute approximate surface area is 189 Å². The van der Waals surface area contributed by atoms with Gasteiger partial charge in [0.15, 0.2) is 5.96 Å². The van der Waals surface area contributed by atoms with E-state index in [1.165, 1.54) is 43.6 Å². The van der Waals surface area contributed by atoms with Crippen molar-refractivity contribution in [3.05, 3.63) is 17.0 Å². The molecule has 1 aromatic rings. The number of aromatic nitrogens is 2. The zero-order chi connectivity index (χ0) is 20.0. The summed E-state index contributed by atoms with van der Waals surface area (Å²) in [4.78, 5) is 7.52. The average molecular weight is 505 g/mol. The Balaban J connectivity index is 0.00000392. The third-order valence-electron chi connectivity index (χ3n) is 5.73. The number of rotatable bonds is 7. The van der Waals surface area contributed by atoms with Crippen LogP contribution in [0.3, 0.4) is 0 Å². The number of likely N-dealkylation sites (tertiary alicyclic amines) is 1. The van der Waals surface area contributed by atoms with Crippen LogP contribution in [-0.2, 0) is 13.5 Å². The maximum Gasteiger partial charge on any atom is 0.191 e. The van der Waals surface area contributed by atoms with Crippen molar-refractivity contribution in [2.24, 2.45) is 12.0 Å². The molecular formula is C21H41IN6. The van der Waals surface area contributed by atoms with Gasteiger partial charge in [0.1, 0.15) is 0 Å². The van der Waals surface area contributed by atoms with Crippen LogP contribution < -0.4 is 10.6 Å². The summed E-state index contributed by atoms with van der Waals surface area (Å²) < 4.78 is 1.97. The van der Waals surface area contributed by atoms with Crippen LogP contribution in [0, 0.1) is 13.8 Å². The Hall–Kier alpha value is -0.830. The molecule has 28 heavy (non-hydrogen) atoms. The molecule has 2 heterocycles. The molecule has 1 unspecified atom stereocenters. The van der Waals surface area contributed by atoms with Gasteiger partial charge in [0.25, 0.3) is 0 Å². The predicted octanol–water partition coefficient (Wildman–Crippen LogP) is 3.41. The molecule has 1 saturated heterocycles. The van der Waals surface area contributed by atoms with E-state index in [0.29, 0.717) is 6.04 Å². The number of aliphatic imine (C=N–C) groups is 1. The first-order chi connectivity index (χ1) is 12.7. The quantitative estimate of drug-likeness (QED) is 0.340. The van der Waals surface area contributed by atoms with Crippen molar-refractivity contribution in [1.29, 1.82) is 0 Å². The number of nitrogens with zero attached hydrogens (tertiary/aromatic N) is 4. The highest BCUT2D eigenvalue weighted by Gasteiger charge is 2.27. The summed E-state index contributed by atoms with van der Waals surface area (Å²) in [6.45, 7) is 17.3. The third kappa shape index (κ3) is 6.90. The SMILES string of the molecule is CCNC(=NCC(C)(C)N1CCCCC1)NC(C)Cc1c(C)nn(C)c1C.I.